The Kier molecular flexibility index (Phi) is 22.5. The molecule has 10 heteroatoms. The minimum Gasteiger partial charge on any atom is -0.469 e. The zero-order valence-corrected chi connectivity index (χ0v) is 31.3. The molecule has 0 radical (unpaired) electrons. The van der Waals surface area contributed by atoms with E-state index < -0.39 is 48.6 Å². The SMILES string of the molecule is CC/C=C\C/C=C\C/C=C\C/C=C\C/C=C\CC=CCCC(=O)NCCCCC(NC(=O)C1=CC(=O)C(C)(c2ccccc2)O1)C(=O)OC(CO)CO. The van der Waals surface area contributed by atoms with Gasteiger partial charge >= 0.3 is 5.97 Å². The quantitative estimate of drug-likeness (QED) is 0.0478. The van der Waals surface area contributed by atoms with E-state index in [-0.39, 0.29) is 18.1 Å². The predicted molar refractivity (Wildman–Crippen MR) is 208 cm³/mol. The summed E-state index contributed by atoms with van der Waals surface area (Å²) in [7, 11) is 0. The van der Waals surface area contributed by atoms with Crippen LogP contribution in [0, 0.1) is 0 Å². The van der Waals surface area contributed by atoms with Crippen molar-refractivity contribution < 1.29 is 38.9 Å². The van der Waals surface area contributed by atoms with Crippen molar-refractivity contribution in [3.8, 4) is 0 Å². The number of hydrogen-bond acceptors (Lipinski definition) is 8. The lowest BCUT2D eigenvalue weighted by Crippen LogP contribution is -2.45. The van der Waals surface area contributed by atoms with Gasteiger partial charge in [-0.3, -0.25) is 14.4 Å². The molecule has 4 N–H and O–H groups in total. The first kappa shape index (κ1) is 44.4. The third-order valence-corrected chi connectivity index (χ3v) is 8.25. The van der Waals surface area contributed by atoms with Crippen LogP contribution in [0.3, 0.4) is 0 Å². The van der Waals surface area contributed by atoms with Crippen molar-refractivity contribution in [2.45, 2.75) is 102 Å². The van der Waals surface area contributed by atoms with Crippen molar-refractivity contribution in [3.63, 3.8) is 0 Å². The van der Waals surface area contributed by atoms with E-state index in [4.69, 9.17) is 9.47 Å². The van der Waals surface area contributed by atoms with Crippen LogP contribution in [0.5, 0.6) is 0 Å². The van der Waals surface area contributed by atoms with Gasteiger partial charge in [-0.05, 0) is 71.1 Å². The van der Waals surface area contributed by atoms with E-state index >= 15 is 0 Å². The molecule has 2 unspecified atom stereocenters. The molecule has 1 aromatic rings. The largest absolute Gasteiger partial charge is 0.469 e. The number of ketones is 1. The van der Waals surface area contributed by atoms with E-state index in [1.807, 2.05) is 12.2 Å². The van der Waals surface area contributed by atoms with Gasteiger partial charge in [-0.25, -0.2) is 4.79 Å². The zero-order valence-electron chi connectivity index (χ0n) is 31.3. The molecule has 0 aromatic heterocycles. The lowest BCUT2D eigenvalue weighted by Gasteiger charge is -2.25. The highest BCUT2D eigenvalue weighted by Crippen LogP contribution is 2.34. The number of carbonyl (C=O) groups is 4. The van der Waals surface area contributed by atoms with Gasteiger partial charge in [-0.15, -0.1) is 0 Å². The van der Waals surface area contributed by atoms with Crippen LogP contribution in [0.4, 0.5) is 0 Å². The molecule has 0 fully saturated rings. The Morgan fingerprint density at radius 2 is 1.36 bits per heavy atom. The van der Waals surface area contributed by atoms with Gasteiger partial charge < -0.3 is 30.3 Å². The molecule has 0 saturated carbocycles. The summed E-state index contributed by atoms with van der Waals surface area (Å²) in [5, 5.41) is 24.2. The summed E-state index contributed by atoms with van der Waals surface area (Å²) in [6, 6.07) is 7.62. The third kappa shape index (κ3) is 18.0. The fraction of sp³-hybridized carbons (Fsp3) is 0.442. The first-order chi connectivity index (χ1) is 25.7. The van der Waals surface area contributed by atoms with Gasteiger partial charge in [-0.1, -0.05) is 110 Å². The molecule has 0 bridgehead atoms. The first-order valence-electron chi connectivity index (χ1n) is 18.7. The average molecular weight is 731 g/mol. The number of carbonyl (C=O) groups excluding carboxylic acids is 4. The number of ether oxygens (including phenoxy) is 2. The van der Waals surface area contributed by atoms with Gasteiger partial charge in [0.2, 0.25) is 11.7 Å². The van der Waals surface area contributed by atoms with Crippen LogP contribution in [0.2, 0.25) is 0 Å². The molecule has 53 heavy (non-hydrogen) atoms. The lowest BCUT2D eigenvalue weighted by molar-refractivity contribution is -0.157. The Labute approximate surface area is 315 Å². The molecule has 1 aliphatic heterocycles. The van der Waals surface area contributed by atoms with Crippen molar-refractivity contribution in [1.29, 1.82) is 0 Å². The van der Waals surface area contributed by atoms with Crippen molar-refractivity contribution in [1.82, 2.24) is 10.6 Å². The number of unbranched alkanes of at least 4 members (excludes halogenated alkanes) is 1. The second-order valence-corrected chi connectivity index (χ2v) is 12.6. The molecular formula is C43H58N2O8. The van der Waals surface area contributed by atoms with Gasteiger partial charge in [0.15, 0.2) is 11.4 Å². The molecule has 288 valence electrons. The summed E-state index contributed by atoms with van der Waals surface area (Å²) in [5.74, 6) is -2.35. The Hall–Kier alpha value is -4.80. The van der Waals surface area contributed by atoms with Crippen LogP contribution >= 0.6 is 0 Å². The second-order valence-electron chi connectivity index (χ2n) is 12.6. The minimum atomic E-state index is -1.38. The topological polar surface area (TPSA) is 151 Å². The Bertz CT molecular complexity index is 1470. The van der Waals surface area contributed by atoms with Crippen LogP contribution < -0.4 is 10.6 Å². The number of nitrogens with one attached hydrogen (secondary N) is 2. The van der Waals surface area contributed by atoms with Gasteiger partial charge in [-0.2, -0.15) is 0 Å². The fourth-order valence-corrected chi connectivity index (χ4v) is 5.13. The van der Waals surface area contributed by atoms with E-state index in [9.17, 15) is 29.4 Å². The number of benzene rings is 1. The van der Waals surface area contributed by atoms with Crippen LogP contribution in [0.15, 0.2) is 115 Å². The fourth-order valence-electron chi connectivity index (χ4n) is 5.13. The summed E-state index contributed by atoms with van der Waals surface area (Å²) >= 11 is 0. The van der Waals surface area contributed by atoms with E-state index in [0.29, 0.717) is 37.8 Å². The van der Waals surface area contributed by atoms with Crippen LogP contribution in [-0.2, 0) is 34.3 Å². The van der Waals surface area contributed by atoms with Crippen molar-refractivity contribution >= 4 is 23.6 Å². The molecule has 0 spiro atoms. The van der Waals surface area contributed by atoms with E-state index in [0.717, 1.165) is 44.6 Å². The summed E-state index contributed by atoms with van der Waals surface area (Å²) in [5.41, 5.74) is -0.805. The minimum absolute atomic E-state index is 0.0843. The maximum absolute atomic E-state index is 13.1. The molecular weight excluding hydrogens is 672 g/mol. The van der Waals surface area contributed by atoms with Gasteiger partial charge in [0.05, 0.1) is 13.2 Å². The molecule has 0 saturated heterocycles. The van der Waals surface area contributed by atoms with Crippen molar-refractivity contribution in [3.05, 3.63) is 121 Å². The van der Waals surface area contributed by atoms with Crippen molar-refractivity contribution in [2.24, 2.45) is 0 Å². The highest BCUT2D eigenvalue weighted by molar-refractivity contribution is 6.08. The lowest BCUT2D eigenvalue weighted by atomic mass is 9.92. The number of hydrogen-bond donors (Lipinski definition) is 4. The highest BCUT2D eigenvalue weighted by Gasteiger charge is 2.44. The summed E-state index contributed by atoms with van der Waals surface area (Å²) in [6.07, 6.45) is 33.4. The van der Waals surface area contributed by atoms with Crippen LogP contribution in [-0.4, -0.2) is 65.7 Å². The number of allylic oxidation sites excluding steroid dienone is 12. The maximum Gasteiger partial charge on any atom is 0.329 e. The molecule has 1 aliphatic rings. The third-order valence-electron chi connectivity index (χ3n) is 8.25. The second kappa shape index (κ2) is 26.9. The van der Waals surface area contributed by atoms with Gasteiger partial charge in [0.1, 0.15) is 12.1 Å². The highest BCUT2D eigenvalue weighted by atomic mass is 16.6. The van der Waals surface area contributed by atoms with Crippen LogP contribution in [0.1, 0.15) is 90.0 Å². The Balaban J connectivity index is 1.67. The molecule has 10 nitrogen and oxygen atoms in total. The Morgan fingerprint density at radius 1 is 0.811 bits per heavy atom. The normalized spacial score (nSPS) is 16.8. The summed E-state index contributed by atoms with van der Waals surface area (Å²) in [6.45, 7) is 2.90. The van der Waals surface area contributed by atoms with E-state index in [1.165, 1.54) is 0 Å². The zero-order chi connectivity index (χ0) is 38.6. The summed E-state index contributed by atoms with van der Waals surface area (Å²) in [4.78, 5) is 51.1. The molecule has 1 aromatic carbocycles. The average Bonchev–Trinajstić information content (AvgIpc) is 3.48. The predicted octanol–water partition coefficient (Wildman–Crippen LogP) is 6.53. The van der Waals surface area contributed by atoms with Gasteiger partial charge in [0.25, 0.3) is 5.91 Å². The molecule has 2 amide bonds. The number of aliphatic hydroxyl groups excluding tert-OH is 2. The smallest absolute Gasteiger partial charge is 0.329 e. The van der Waals surface area contributed by atoms with Gasteiger partial charge in [0, 0.05) is 24.6 Å². The first-order valence-corrected chi connectivity index (χ1v) is 18.7. The van der Waals surface area contributed by atoms with Crippen LogP contribution in [0.25, 0.3) is 0 Å². The number of aliphatic hydroxyl groups is 2. The molecule has 2 rings (SSSR count). The Morgan fingerprint density at radius 3 is 1.91 bits per heavy atom. The number of esters is 1. The molecule has 2 atom stereocenters. The summed E-state index contributed by atoms with van der Waals surface area (Å²) < 4.78 is 11.0. The maximum atomic E-state index is 13.1. The van der Waals surface area contributed by atoms with Crippen molar-refractivity contribution in [2.75, 3.05) is 19.8 Å². The monoisotopic (exact) mass is 730 g/mol. The number of amides is 2. The van der Waals surface area contributed by atoms with E-state index in [1.54, 1.807) is 37.3 Å². The standard InChI is InChI=1S/C43H58N2O8/c1-3-4-5-6-7-8-9-10-11-12-13-14-15-16-17-18-19-20-24-30-40(49)44-31-26-25-29-37(42(51)52-36(33-46)34-47)45-41(50)38-32-39(48)43(2,53-38)35-27-22-21-23-28-35/h4-5,7-8,10-11,13-14,16-17,19-23,27-28,32,36-37,46-47H,3,6,9,12,15,18,24-26,29-31,33-34H2,1-2H3,(H,44,49)(H,45,50)/b5-4-,8-7-,11-10-,14-13-,17-16-,20-19?. The molecule has 0 aliphatic carbocycles. The molecule has 1 heterocycles. The number of rotatable bonds is 26. The van der Waals surface area contributed by atoms with E-state index in [2.05, 4.69) is 78.3 Å².